The largest absolute Gasteiger partial charge is 0.232 e. The number of hydrogen-bond acceptors (Lipinski definition) is 0. The Kier molecular flexibility index (Phi) is 1.13. The maximum absolute atomic E-state index is 5.48. The average molecular weight is 103 g/mol. The van der Waals surface area contributed by atoms with E-state index in [1.807, 2.05) is 6.08 Å². The summed E-state index contributed by atoms with van der Waals surface area (Å²) >= 11 is 5.48. The number of halogens is 1. The zero-order valence-electron chi connectivity index (χ0n) is 3.32. The molecule has 1 nitrogen and oxygen atoms in total. The molecular formula is C4H5ClN. The lowest BCUT2D eigenvalue weighted by Crippen LogP contribution is -1.95. The summed E-state index contributed by atoms with van der Waals surface area (Å²) < 4.78 is 0. The van der Waals surface area contributed by atoms with Crippen LogP contribution in [0.2, 0.25) is 0 Å². The topological polar surface area (TPSA) is 14.1 Å². The first-order valence-corrected chi connectivity index (χ1v) is 2.25. The Morgan fingerprint density at radius 1 is 1.83 bits per heavy atom. The van der Waals surface area contributed by atoms with Gasteiger partial charge in [0.2, 0.25) is 0 Å². The third-order valence-electron chi connectivity index (χ3n) is 0.705. The molecule has 0 N–H and O–H groups in total. The molecule has 1 heterocycles. The Bertz CT molecular complexity index is 77.6. The summed E-state index contributed by atoms with van der Waals surface area (Å²) in [5, 5.41) is 4.82. The molecule has 2 heteroatoms. The van der Waals surface area contributed by atoms with Crippen molar-refractivity contribution in [2.24, 2.45) is 0 Å². The summed E-state index contributed by atoms with van der Waals surface area (Å²) in [7, 11) is 0. The molecule has 33 valence electrons. The van der Waals surface area contributed by atoms with Gasteiger partial charge in [-0.1, -0.05) is 17.7 Å². The van der Waals surface area contributed by atoms with Gasteiger partial charge in [0, 0.05) is 18.1 Å². The fraction of sp³-hybridized carbons (Fsp3) is 0.500. The second-order valence-electron chi connectivity index (χ2n) is 1.22. The van der Waals surface area contributed by atoms with E-state index in [9.17, 15) is 0 Å². The van der Waals surface area contributed by atoms with Gasteiger partial charge in [-0.3, -0.25) is 0 Å². The fourth-order valence-corrected chi connectivity index (χ4v) is 0.553. The number of hydrogen-bond donors (Lipinski definition) is 0. The lowest BCUT2D eigenvalue weighted by atomic mass is 10.6. The first-order chi connectivity index (χ1) is 2.89. The predicted octanol–water partition coefficient (Wildman–Crippen LogP) is 0.727. The van der Waals surface area contributed by atoms with Crippen molar-refractivity contribution in [3.63, 3.8) is 0 Å². The minimum atomic E-state index is 0.738. The van der Waals surface area contributed by atoms with Crippen molar-refractivity contribution in [3.05, 3.63) is 11.1 Å². The molecule has 1 rings (SSSR count). The van der Waals surface area contributed by atoms with E-state index in [2.05, 4.69) is 5.32 Å². The summed E-state index contributed by atoms with van der Waals surface area (Å²) in [6, 6.07) is 0. The van der Waals surface area contributed by atoms with Crippen LogP contribution in [-0.2, 0) is 0 Å². The third kappa shape index (κ3) is 0.730. The van der Waals surface area contributed by atoms with Gasteiger partial charge in [-0.2, -0.15) is 0 Å². The van der Waals surface area contributed by atoms with Gasteiger partial charge >= 0.3 is 0 Å². The Morgan fingerprint density at radius 3 is 2.83 bits per heavy atom. The second kappa shape index (κ2) is 1.63. The van der Waals surface area contributed by atoms with E-state index in [1.165, 1.54) is 0 Å². The van der Waals surface area contributed by atoms with Gasteiger partial charge in [-0.25, -0.2) is 5.32 Å². The molecule has 0 spiro atoms. The standard InChI is InChI=1S/C4H5ClN/c5-4-1-2-6-3-4/h1H,2-3H2. The van der Waals surface area contributed by atoms with E-state index >= 15 is 0 Å². The minimum Gasteiger partial charge on any atom is -0.232 e. The molecule has 0 atom stereocenters. The number of rotatable bonds is 0. The van der Waals surface area contributed by atoms with Crippen LogP contribution >= 0.6 is 11.6 Å². The minimum absolute atomic E-state index is 0.738. The second-order valence-corrected chi connectivity index (χ2v) is 1.70. The predicted molar refractivity (Wildman–Crippen MR) is 25.8 cm³/mol. The monoisotopic (exact) mass is 102 g/mol. The summed E-state index contributed by atoms with van der Waals surface area (Å²) in [6.45, 7) is 1.56. The van der Waals surface area contributed by atoms with Crippen LogP contribution in [0.25, 0.3) is 0 Å². The smallest absolute Gasteiger partial charge is 0.0492 e. The van der Waals surface area contributed by atoms with Gasteiger partial charge in [0.05, 0.1) is 0 Å². The Labute approximate surface area is 42.0 Å². The number of nitrogens with zero attached hydrogens (tertiary/aromatic N) is 1. The molecule has 0 amide bonds. The summed E-state index contributed by atoms with van der Waals surface area (Å²) in [5.74, 6) is 0. The molecule has 0 fully saturated rings. The van der Waals surface area contributed by atoms with Crippen molar-refractivity contribution in [3.8, 4) is 0 Å². The van der Waals surface area contributed by atoms with Crippen LogP contribution in [0.15, 0.2) is 11.1 Å². The highest BCUT2D eigenvalue weighted by atomic mass is 35.5. The normalized spacial score (nSPS) is 21.2. The zero-order valence-corrected chi connectivity index (χ0v) is 4.07. The molecule has 0 saturated carbocycles. The van der Waals surface area contributed by atoms with Crippen molar-refractivity contribution >= 4 is 11.6 Å². The highest BCUT2D eigenvalue weighted by Crippen LogP contribution is 2.02. The van der Waals surface area contributed by atoms with Crippen LogP contribution in [0.5, 0.6) is 0 Å². The van der Waals surface area contributed by atoms with Gasteiger partial charge in [-0.05, 0) is 0 Å². The molecule has 0 aromatic rings. The first kappa shape index (κ1) is 4.16. The Morgan fingerprint density at radius 2 is 2.67 bits per heavy atom. The highest BCUT2D eigenvalue weighted by molar-refractivity contribution is 6.30. The molecule has 0 saturated heterocycles. The lowest BCUT2D eigenvalue weighted by molar-refractivity contribution is 0.867. The Balaban J connectivity index is 2.45. The van der Waals surface area contributed by atoms with Gasteiger partial charge in [-0.15, -0.1) is 0 Å². The molecule has 6 heavy (non-hydrogen) atoms. The maximum atomic E-state index is 5.48. The van der Waals surface area contributed by atoms with Gasteiger partial charge in [0.1, 0.15) is 0 Å². The van der Waals surface area contributed by atoms with Crippen molar-refractivity contribution in [2.75, 3.05) is 13.1 Å². The van der Waals surface area contributed by atoms with Crippen molar-refractivity contribution in [2.45, 2.75) is 0 Å². The van der Waals surface area contributed by atoms with E-state index in [-0.39, 0.29) is 0 Å². The van der Waals surface area contributed by atoms with Crippen molar-refractivity contribution in [1.82, 2.24) is 5.32 Å². The SMILES string of the molecule is ClC1=CC[N]C1. The molecule has 0 aromatic carbocycles. The molecule has 1 aliphatic rings. The Hall–Kier alpha value is -0.0100. The fourth-order valence-electron chi connectivity index (χ4n) is 0.400. The van der Waals surface area contributed by atoms with Crippen LogP contribution in [-0.4, -0.2) is 13.1 Å². The van der Waals surface area contributed by atoms with Crippen molar-refractivity contribution < 1.29 is 0 Å². The molecule has 1 aliphatic heterocycles. The summed E-state index contributed by atoms with van der Waals surface area (Å²) in [6.07, 6.45) is 1.92. The van der Waals surface area contributed by atoms with Gasteiger partial charge in [0.25, 0.3) is 0 Å². The van der Waals surface area contributed by atoms with E-state index in [1.54, 1.807) is 0 Å². The highest BCUT2D eigenvalue weighted by Gasteiger charge is 1.97. The van der Waals surface area contributed by atoms with E-state index in [4.69, 9.17) is 11.6 Å². The van der Waals surface area contributed by atoms with Crippen LogP contribution in [0.1, 0.15) is 0 Å². The van der Waals surface area contributed by atoms with E-state index in [0.717, 1.165) is 18.1 Å². The molecular weight excluding hydrogens is 97.5 g/mol. The van der Waals surface area contributed by atoms with Crippen molar-refractivity contribution in [1.29, 1.82) is 0 Å². The van der Waals surface area contributed by atoms with E-state index < -0.39 is 0 Å². The quantitative estimate of drug-likeness (QED) is 0.428. The molecule has 0 aromatic heterocycles. The molecule has 0 aliphatic carbocycles. The average Bonchev–Trinajstić information content (AvgIpc) is 1.86. The van der Waals surface area contributed by atoms with Crippen LogP contribution in [0, 0.1) is 0 Å². The maximum Gasteiger partial charge on any atom is 0.0492 e. The zero-order chi connectivity index (χ0) is 4.41. The van der Waals surface area contributed by atoms with Gasteiger partial charge < -0.3 is 0 Å². The van der Waals surface area contributed by atoms with Crippen LogP contribution < -0.4 is 5.32 Å². The molecule has 0 unspecified atom stereocenters. The van der Waals surface area contributed by atoms with Crippen LogP contribution in [0.4, 0.5) is 0 Å². The third-order valence-corrected chi connectivity index (χ3v) is 0.979. The van der Waals surface area contributed by atoms with Gasteiger partial charge in [0.15, 0.2) is 0 Å². The molecule has 0 bridgehead atoms. The molecule has 1 radical (unpaired) electrons. The first-order valence-electron chi connectivity index (χ1n) is 1.87. The van der Waals surface area contributed by atoms with E-state index in [0.29, 0.717) is 0 Å². The van der Waals surface area contributed by atoms with Crippen LogP contribution in [0.3, 0.4) is 0 Å². The summed E-state index contributed by atoms with van der Waals surface area (Å²) in [5.41, 5.74) is 0. The summed E-state index contributed by atoms with van der Waals surface area (Å²) in [4.78, 5) is 0. The lowest BCUT2D eigenvalue weighted by Gasteiger charge is -1.78.